The van der Waals surface area contributed by atoms with E-state index >= 15 is 0 Å². The summed E-state index contributed by atoms with van der Waals surface area (Å²) >= 11 is 7.33. The summed E-state index contributed by atoms with van der Waals surface area (Å²) in [7, 11) is 0. The summed E-state index contributed by atoms with van der Waals surface area (Å²) in [5.41, 5.74) is 7.98. The van der Waals surface area contributed by atoms with Crippen molar-refractivity contribution in [1.82, 2.24) is 0 Å². The maximum Gasteiger partial charge on any atom is 0.234 e. The van der Waals surface area contributed by atoms with Crippen LogP contribution in [0.1, 0.15) is 5.56 Å². The molecule has 3 N–H and O–H groups in total. The van der Waals surface area contributed by atoms with Crippen molar-refractivity contribution in [3.05, 3.63) is 53.1 Å². The van der Waals surface area contributed by atoms with Gasteiger partial charge < -0.3 is 11.1 Å². The maximum absolute atomic E-state index is 11.9. The molecule has 0 heterocycles. The molecule has 0 atom stereocenters. The zero-order valence-electron chi connectivity index (χ0n) is 11.0. The number of aryl methyl sites for hydroxylation is 1. The number of nitrogen functional groups attached to an aromatic ring is 1. The van der Waals surface area contributed by atoms with Crippen LogP contribution in [0, 0.1) is 6.92 Å². The van der Waals surface area contributed by atoms with Gasteiger partial charge in [0.1, 0.15) is 0 Å². The highest BCUT2D eigenvalue weighted by Crippen LogP contribution is 2.23. The van der Waals surface area contributed by atoms with Crippen molar-refractivity contribution >= 4 is 40.6 Å². The topological polar surface area (TPSA) is 55.1 Å². The van der Waals surface area contributed by atoms with E-state index in [9.17, 15) is 4.79 Å². The van der Waals surface area contributed by atoms with Crippen LogP contribution in [0.3, 0.4) is 0 Å². The van der Waals surface area contributed by atoms with Crippen molar-refractivity contribution < 1.29 is 4.79 Å². The van der Waals surface area contributed by atoms with Crippen LogP contribution >= 0.6 is 23.4 Å². The molecule has 0 unspecified atom stereocenters. The van der Waals surface area contributed by atoms with Crippen LogP contribution in [0.4, 0.5) is 11.4 Å². The van der Waals surface area contributed by atoms with Crippen LogP contribution in [0.5, 0.6) is 0 Å². The number of thioether (sulfide) groups is 1. The zero-order chi connectivity index (χ0) is 14.5. The van der Waals surface area contributed by atoms with Gasteiger partial charge in [-0.3, -0.25) is 4.79 Å². The summed E-state index contributed by atoms with van der Waals surface area (Å²) in [6, 6.07) is 13.1. The van der Waals surface area contributed by atoms with Crippen LogP contribution in [0.15, 0.2) is 47.4 Å². The molecule has 0 spiro atoms. The first-order chi connectivity index (χ1) is 9.54. The number of anilines is 2. The lowest BCUT2D eigenvalue weighted by atomic mass is 10.2. The number of benzene rings is 2. The molecule has 0 fully saturated rings. The Kier molecular flexibility index (Phi) is 4.93. The average Bonchev–Trinajstić information content (AvgIpc) is 2.41. The van der Waals surface area contributed by atoms with Gasteiger partial charge in [-0.1, -0.05) is 29.3 Å². The Morgan fingerprint density at radius 1 is 1.30 bits per heavy atom. The average molecular weight is 307 g/mol. The lowest BCUT2D eigenvalue weighted by molar-refractivity contribution is -0.113. The van der Waals surface area contributed by atoms with Crippen molar-refractivity contribution in [3.8, 4) is 0 Å². The molecule has 0 aromatic heterocycles. The standard InChI is InChI=1S/C15H15ClN2OS/c1-10-3-2-4-12(7-10)20-9-15(19)18-11-5-6-13(16)14(17)8-11/h2-8H,9,17H2,1H3,(H,18,19). The molecule has 0 saturated heterocycles. The van der Waals surface area contributed by atoms with Crippen molar-refractivity contribution in [2.24, 2.45) is 0 Å². The van der Waals surface area contributed by atoms with Gasteiger partial charge >= 0.3 is 0 Å². The first-order valence-corrected chi connectivity index (χ1v) is 7.45. The summed E-state index contributed by atoms with van der Waals surface area (Å²) in [6.45, 7) is 2.03. The van der Waals surface area contributed by atoms with E-state index in [-0.39, 0.29) is 5.91 Å². The summed E-state index contributed by atoms with van der Waals surface area (Å²) in [5, 5.41) is 3.28. The fourth-order valence-electron chi connectivity index (χ4n) is 1.67. The highest BCUT2D eigenvalue weighted by Gasteiger charge is 2.05. The first kappa shape index (κ1) is 14.8. The van der Waals surface area contributed by atoms with E-state index in [1.54, 1.807) is 18.2 Å². The summed E-state index contributed by atoms with van der Waals surface area (Å²) in [5.74, 6) is 0.282. The Labute approximate surface area is 127 Å². The second-order valence-electron chi connectivity index (χ2n) is 4.39. The molecule has 2 aromatic carbocycles. The summed E-state index contributed by atoms with van der Waals surface area (Å²) < 4.78 is 0. The van der Waals surface area contributed by atoms with Gasteiger partial charge in [0.25, 0.3) is 0 Å². The maximum atomic E-state index is 11.9. The Balaban J connectivity index is 1.91. The second kappa shape index (κ2) is 6.68. The molecule has 1 amide bonds. The minimum Gasteiger partial charge on any atom is -0.397 e. The fraction of sp³-hybridized carbons (Fsp3) is 0.133. The van der Waals surface area contributed by atoms with E-state index < -0.39 is 0 Å². The van der Waals surface area contributed by atoms with Crippen LogP contribution in [0.25, 0.3) is 0 Å². The molecule has 2 rings (SSSR count). The quantitative estimate of drug-likeness (QED) is 0.664. The molecule has 0 aliphatic heterocycles. The lowest BCUT2D eigenvalue weighted by Gasteiger charge is -2.07. The molecule has 5 heteroatoms. The van der Waals surface area contributed by atoms with E-state index in [1.807, 2.05) is 25.1 Å². The number of nitrogens with one attached hydrogen (secondary N) is 1. The molecule has 3 nitrogen and oxygen atoms in total. The molecular weight excluding hydrogens is 292 g/mol. The zero-order valence-corrected chi connectivity index (χ0v) is 12.6. The van der Waals surface area contributed by atoms with Crippen molar-refractivity contribution in [2.75, 3.05) is 16.8 Å². The van der Waals surface area contributed by atoms with Crippen LogP contribution in [0.2, 0.25) is 5.02 Å². The molecule has 20 heavy (non-hydrogen) atoms. The van der Waals surface area contributed by atoms with Crippen molar-refractivity contribution in [1.29, 1.82) is 0 Å². The monoisotopic (exact) mass is 306 g/mol. The fourth-order valence-corrected chi connectivity index (χ4v) is 2.60. The third-order valence-corrected chi connectivity index (χ3v) is 3.98. The Bertz CT molecular complexity index is 631. The number of carbonyl (C=O) groups excluding carboxylic acids is 1. The molecule has 0 saturated carbocycles. The van der Waals surface area contributed by atoms with Crippen molar-refractivity contribution in [2.45, 2.75) is 11.8 Å². The highest BCUT2D eigenvalue weighted by molar-refractivity contribution is 8.00. The summed E-state index contributed by atoms with van der Waals surface area (Å²) in [6.07, 6.45) is 0. The van der Waals surface area contributed by atoms with Crippen LogP contribution in [-0.2, 0) is 4.79 Å². The smallest absolute Gasteiger partial charge is 0.234 e. The molecule has 104 valence electrons. The highest BCUT2D eigenvalue weighted by atomic mass is 35.5. The van der Waals surface area contributed by atoms with Gasteiger partial charge in [-0.2, -0.15) is 0 Å². The second-order valence-corrected chi connectivity index (χ2v) is 5.85. The Morgan fingerprint density at radius 3 is 2.80 bits per heavy atom. The third kappa shape index (κ3) is 4.18. The van der Waals surface area contributed by atoms with E-state index in [0.717, 1.165) is 4.90 Å². The molecule has 2 aromatic rings. The predicted molar refractivity (Wildman–Crippen MR) is 86.4 cm³/mol. The predicted octanol–water partition coefficient (Wildman–Crippen LogP) is 3.96. The van der Waals surface area contributed by atoms with E-state index in [4.69, 9.17) is 17.3 Å². The minimum absolute atomic E-state index is 0.0711. The lowest BCUT2D eigenvalue weighted by Crippen LogP contribution is -2.14. The van der Waals surface area contributed by atoms with Gasteiger partial charge in [0.15, 0.2) is 0 Å². The molecule has 0 bridgehead atoms. The molecule has 0 aliphatic rings. The number of hydrogen-bond donors (Lipinski definition) is 2. The van der Waals surface area contributed by atoms with Crippen LogP contribution < -0.4 is 11.1 Å². The summed E-state index contributed by atoms with van der Waals surface area (Å²) in [4.78, 5) is 12.9. The molecular formula is C15H15ClN2OS. The van der Waals surface area contributed by atoms with Gasteiger partial charge in [-0.15, -0.1) is 11.8 Å². The first-order valence-electron chi connectivity index (χ1n) is 6.09. The number of carbonyl (C=O) groups is 1. The number of nitrogens with two attached hydrogens (primary N) is 1. The van der Waals surface area contributed by atoms with Gasteiger partial charge in [0.05, 0.1) is 16.5 Å². The van der Waals surface area contributed by atoms with Crippen LogP contribution in [-0.4, -0.2) is 11.7 Å². The number of amides is 1. The van der Waals surface area contributed by atoms with E-state index in [1.165, 1.54) is 17.3 Å². The minimum atomic E-state index is -0.0711. The van der Waals surface area contributed by atoms with Gasteiger partial charge in [0.2, 0.25) is 5.91 Å². The Morgan fingerprint density at radius 2 is 2.10 bits per heavy atom. The van der Waals surface area contributed by atoms with Gasteiger partial charge in [0, 0.05) is 10.6 Å². The van der Waals surface area contributed by atoms with Gasteiger partial charge in [-0.25, -0.2) is 0 Å². The third-order valence-electron chi connectivity index (χ3n) is 2.64. The van der Waals surface area contributed by atoms with E-state index in [0.29, 0.717) is 22.2 Å². The molecule has 0 radical (unpaired) electrons. The largest absolute Gasteiger partial charge is 0.397 e. The normalized spacial score (nSPS) is 10.3. The number of halogens is 1. The molecule has 0 aliphatic carbocycles. The van der Waals surface area contributed by atoms with E-state index in [2.05, 4.69) is 11.4 Å². The Hall–Kier alpha value is -1.65. The van der Waals surface area contributed by atoms with Gasteiger partial charge in [-0.05, 0) is 37.3 Å². The number of rotatable bonds is 4. The van der Waals surface area contributed by atoms with Crippen molar-refractivity contribution in [3.63, 3.8) is 0 Å². The SMILES string of the molecule is Cc1cccc(SCC(=O)Nc2ccc(Cl)c(N)c2)c1. The number of hydrogen-bond acceptors (Lipinski definition) is 3.